The van der Waals surface area contributed by atoms with E-state index in [9.17, 15) is 0 Å². The monoisotopic (exact) mass is 321 g/mol. The average Bonchev–Trinajstić information content (AvgIpc) is 2.16. The third kappa shape index (κ3) is 3.36. The zero-order chi connectivity index (χ0) is 10.4. The van der Waals surface area contributed by atoms with Crippen LogP contribution in [0, 0.1) is 0 Å². The van der Waals surface area contributed by atoms with Crippen LogP contribution in [0.3, 0.4) is 0 Å². The van der Waals surface area contributed by atoms with Gasteiger partial charge in [0.2, 0.25) is 0 Å². The molecule has 0 radical (unpaired) electrons. The van der Waals surface area contributed by atoms with E-state index < -0.39 is 0 Å². The topological polar surface area (TPSA) is 57.5 Å². The predicted octanol–water partition coefficient (Wildman–Crippen LogP) is 1.52. The number of halogens is 2. The summed E-state index contributed by atoms with van der Waals surface area (Å²) in [6, 6.07) is 0. The minimum atomic E-state index is 0.0655. The SMILES string of the molecule is OCCN/N=C/c1c(Br)cncc1Br. The lowest BCUT2D eigenvalue weighted by Gasteiger charge is -2.00. The van der Waals surface area contributed by atoms with Gasteiger partial charge in [0.15, 0.2) is 0 Å². The van der Waals surface area contributed by atoms with Crippen molar-refractivity contribution in [1.29, 1.82) is 0 Å². The predicted molar refractivity (Wildman–Crippen MR) is 62.3 cm³/mol. The average molecular weight is 323 g/mol. The van der Waals surface area contributed by atoms with Gasteiger partial charge in [0.25, 0.3) is 0 Å². The molecule has 0 unspecified atom stereocenters. The molecule has 2 N–H and O–H groups in total. The summed E-state index contributed by atoms with van der Waals surface area (Å²) >= 11 is 6.71. The molecule has 76 valence electrons. The lowest BCUT2D eigenvalue weighted by atomic mass is 10.3. The highest BCUT2D eigenvalue weighted by Gasteiger charge is 2.01. The number of aliphatic hydroxyl groups is 1. The summed E-state index contributed by atoms with van der Waals surface area (Å²) in [4.78, 5) is 3.97. The van der Waals surface area contributed by atoms with Crippen molar-refractivity contribution < 1.29 is 5.11 Å². The number of nitrogens with zero attached hydrogens (tertiary/aromatic N) is 2. The molecule has 0 aliphatic rings. The second kappa shape index (κ2) is 6.10. The van der Waals surface area contributed by atoms with Crippen molar-refractivity contribution in [2.24, 2.45) is 5.10 Å². The van der Waals surface area contributed by atoms with Crippen LogP contribution < -0.4 is 5.43 Å². The zero-order valence-corrected chi connectivity index (χ0v) is 10.4. The first kappa shape index (κ1) is 11.6. The standard InChI is InChI=1S/C8H9Br2N3O/c9-7-4-11-5-8(10)6(7)3-13-12-1-2-14/h3-5,12,14H,1-2H2/b13-3+. The first-order valence-corrected chi connectivity index (χ1v) is 5.50. The first-order valence-electron chi connectivity index (χ1n) is 3.91. The molecule has 0 atom stereocenters. The maximum absolute atomic E-state index is 8.51. The Morgan fingerprint density at radius 3 is 2.64 bits per heavy atom. The summed E-state index contributed by atoms with van der Waals surface area (Å²) in [5, 5.41) is 12.4. The van der Waals surface area contributed by atoms with Crippen LogP contribution >= 0.6 is 31.9 Å². The quantitative estimate of drug-likeness (QED) is 0.502. The fourth-order valence-electron chi connectivity index (χ4n) is 0.769. The van der Waals surface area contributed by atoms with E-state index in [4.69, 9.17) is 5.11 Å². The Kier molecular flexibility index (Phi) is 5.06. The molecule has 0 aliphatic carbocycles. The lowest BCUT2D eigenvalue weighted by molar-refractivity contribution is 0.294. The number of aliphatic hydroxyl groups excluding tert-OH is 1. The van der Waals surface area contributed by atoms with E-state index in [2.05, 4.69) is 47.4 Å². The van der Waals surface area contributed by atoms with E-state index in [0.29, 0.717) is 6.54 Å². The molecule has 14 heavy (non-hydrogen) atoms. The van der Waals surface area contributed by atoms with Crippen molar-refractivity contribution in [3.63, 3.8) is 0 Å². The van der Waals surface area contributed by atoms with E-state index in [-0.39, 0.29) is 6.61 Å². The first-order chi connectivity index (χ1) is 6.75. The Morgan fingerprint density at radius 1 is 1.43 bits per heavy atom. The van der Waals surface area contributed by atoms with Gasteiger partial charge in [-0.1, -0.05) is 0 Å². The number of hydrazone groups is 1. The van der Waals surface area contributed by atoms with Gasteiger partial charge >= 0.3 is 0 Å². The number of aromatic nitrogens is 1. The van der Waals surface area contributed by atoms with Crippen molar-refractivity contribution in [2.45, 2.75) is 0 Å². The van der Waals surface area contributed by atoms with E-state index in [1.54, 1.807) is 18.6 Å². The van der Waals surface area contributed by atoms with Crippen molar-refractivity contribution in [1.82, 2.24) is 10.4 Å². The van der Waals surface area contributed by atoms with Crippen LogP contribution in [0.5, 0.6) is 0 Å². The molecule has 1 heterocycles. The van der Waals surface area contributed by atoms with Crippen LogP contribution in [0.2, 0.25) is 0 Å². The Morgan fingerprint density at radius 2 is 2.07 bits per heavy atom. The highest BCUT2D eigenvalue weighted by atomic mass is 79.9. The van der Waals surface area contributed by atoms with Gasteiger partial charge in [0, 0.05) is 26.9 Å². The zero-order valence-electron chi connectivity index (χ0n) is 7.24. The van der Waals surface area contributed by atoms with Gasteiger partial charge < -0.3 is 10.5 Å². The maximum atomic E-state index is 8.51. The maximum Gasteiger partial charge on any atom is 0.0620 e. The van der Waals surface area contributed by atoms with Crippen molar-refractivity contribution >= 4 is 38.1 Å². The van der Waals surface area contributed by atoms with Gasteiger partial charge in [0.05, 0.1) is 19.4 Å². The summed E-state index contributed by atoms with van der Waals surface area (Å²) in [5.74, 6) is 0. The molecule has 1 aromatic rings. The smallest absolute Gasteiger partial charge is 0.0620 e. The van der Waals surface area contributed by atoms with Crippen LogP contribution in [0.4, 0.5) is 0 Å². The molecule has 0 saturated heterocycles. The lowest BCUT2D eigenvalue weighted by Crippen LogP contribution is -2.11. The molecule has 0 spiro atoms. The summed E-state index contributed by atoms with van der Waals surface area (Å²) in [7, 11) is 0. The van der Waals surface area contributed by atoms with Crippen molar-refractivity contribution in [3.05, 3.63) is 26.9 Å². The van der Waals surface area contributed by atoms with Gasteiger partial charge in [0.1, 0.15) is 0 Å². The van der Waals surface area contributed by atoms with Gasteiger partial charge in [-0.15, -0.1) is 0 Å². The van der Waals surface area contributed by atoms with Crippen LogP contribution in [0.1, 0.15) is 5.56 Å². The molecule has 4 nitrogen and oxygen atoms in total. The minimum Gasteiger partial charge on any atom is -0.394 e. The van der Waals surface area contributed by atoms with E-state index >= 15 is 0 Å². The molecular weight excluding hydrogens is 314 g/mol. The number of pyridine rings is 1. The molecule has 0 fully saturated rings. The van der Waals surface area contributed by atoms with Gasteiger partial charge in [-0.3, -0.25) is 4.98 Å². The van der Waals surface area contributed by atoms with Crippen LogP contribution in [0.25, 0.3) is 0 Å². The van der Waals surface area contributed by atoms with Crippen LogP contribution in [-0.4, -0.2) is 29.5 Å². The van der Waals surface area contributed by atoms with Crippen LogP contribution in [-0.2, 0) is 0 Å². The Labute approximate surface area is 98.7 Å². The van der Waals surface area contributed by atoms with E-state index in [1.807, 2.05) is 0 Å². The van der Waals surface area contributed by atoms with Crippen LogP contribution in [0.15, 0.2) is 26.4 Å². The Bertz CT molecular complexity index is 310. The summed E-state index contributed by atoms with van der Waals surface area (Å²) < 4.78 is 1.72. The largest absolute Gasteiger partial charge is 0.394 e. The molecular formula is C8H9Br2N3O. The third-order valence-corrected chi connectivity index (χ3v) is 2.66. The summed E-state index contributed by atoms with van der Waals surface area (Å²) in [6.45, 7) is 0.507. The number of hydrogen-bond donors (Lipinski definition) is 2. The van der Waals surface area contributed by atoms with E-state index in [1.165, 1.54) is 0 Å². The molecule has 0 aromatic carbocycles. The van der Waals surface area contributed by atoms with Crippen molar-refractivity contribution in [2.75, 3.05) is 13.2 Å². The highest BCUT2D eigenvalue weighted by molar-refractivity contribution is 9.11. The molecule has 0 aliphatic heterocycles. The number of hydrogen-bond acceptors (Lipinski definition) is 4. The van der Waals surface area contributed by atoms with E-state index in [0.717, 1.165) is 14.5 Å². The molecule has 1 aromatic heterocycles. The molecule has 0 bridgehead atoms. The third-order valence-electron chi connectivity index (χ3n) is 1.40. The molecule has 6 heteroatoms. The Balaban J connectivity index is 2.70. The molecule has 0 saturated carbocycles. The number of rotatable bonds is 4. The Hall–Kier alpha value is -0.460. The molecule has 1 rings (SSSR count). The normalized spacial score (nSPS) is 10.8. The van der Waals surface area contributed by atoms with Gasteiger partial charge in [-0.2, -0.15) is 5.10 Å². The van der Waals surface area contributed by atoms with Crippen molar-refractivity contribution in [3.8, 4) is 0 Å². The summed E-state index contributed by atoms with van der Waals surface area (Å²) in [6.07, 6.45) is 5.04. The summed E-state index contributed by atoms with van der Waals surface area (Å²) in [5.41, 5.74) is 3.60. The fourth-order valence-corrected chi connectivity index (χ4v) is 1.90. The highest BCUT2D eigenvalue weighted by Crippen LogP contribution is 2.21. The minimum absolute atomic E-state index is 0.0655. The second-order valence-corrected chi connectivity index (χ2v) is 4.12. The molecule has 0 amide bonds. The fraction of sp³-hybridized carbons (Fsp3) is 0.250. The van der Waals surface area contributed by atoms with Gasteiger partial charge in [-0.05, 0) is 31.9 Å². The van der Waals surface area contributed by atoms with Gasteiger partial charge in [-0.25, -0.2) is 0 Å². The second-order valence-electron chi connectivity index (χ2n) is 2.41. The number of nitrogens with one attached hydrogen (secondary N) is 1.